The van der Waals surface area contributed by atoms with Gasteiger partial charge in [0.05, 0.1) is 5.56 Å². The maximum absolute atomic E-state index is 12.5. The van der Waals surface area contributed by atoms with E-state index < -0.39 is 21.8 Å². The summed E-state index contributed by atoms with van der Waals surface area (Å²) in [5, 5.41) is 17.2. The molecular formula is C17H13Cl3IN3O3S. The molecule has 0 unspecified atom stereocenters. The second-order valence-corrected chi connectivity index (χ2v) is 9.47. The summed E-state index contributed by atoms with van der Waals surface area (Å²) >= 11 is 25.2. The van der Waals surface area contributed by atoms with E-state index in [0.29, 0.717) is 11.3 Å². The number of carboxylic acid groups (broad SMARTS) is 1. The van der Waals surface area contributed by atoms with Crippen molar-refractivity contribution in [2.24, 2.45) is 0 Å². The normalized spacial score (nSPS) is 12.0. The van der Waals surface area contributed by atoms with Gasteiger partial charge in [-0.3, -0.25) is 4.79 Å². The van der Waals surface area contributed by atoms with Crippen molar-refractivity contribution >= 4 is 92.3 Å². The SMILES string of the molecule is O=C(O)c1cccc(NC(=S)N[C@H](NC(=O)c2cccc(I)c2)C(Cl)(Cl)Cl)c1. The number of anilines is 1. The minimum Gasteiger partial charge on any atom is -0.478 e. The fourth-order valence-electron chi connectivity index (χ4n) is 2.07. The summed E-state index contributed by atoms with van der Waals surface area (Å²) < 4.78 is -1.04. The van der Waals surface area contributed by atoms with Crippen LogP contribution < -0.4 is 16.0 Å². The Labute approximate surface area is 195 Å². The molecule has 0 aliphatic rings. The molecule has 0 radical (unpaired) electrons. The van der Waals surface area contributed by atoms with Crippen LogP contribution in [0, 0.1) is 3.57 Å². The van der Waals surface area contributed by atoms with Crippen LogP contribution in [0.25, 0.3) is 0 Å². The molecule has 6 nitrogen and oxygen atoms in total. The van der Waals surface area contributed by atoms with Crippen LogP contribution in [0.15, 0.2) is 48.5 Å². The van der Waals surface area contributed by atoms with Crippen LogP contribution in [0.1, 0.15) is 20.7 Å². The molecule has 28 heavy (non-hydrogen) atoms. The minimum absolute atomic E-state index is 0.0295. The maximum atomic E-state index is 12.5. The standard InChI is InChI=1S/C17H13Cl3IN3O3S/c18-17(19,20)15(23-13(25)9-3-1-5-11(21)7-9)24-16(28)22-12-6-2-4-10(8-12)14(26)27/h1-8,15H,(H,23,25)(H,26,27)(H2,22,24,28)/t15-/m0/s1. The average molecular weight is 573 g/mol. The van der Waals surface area contributed by atoms with E-state index in [1.807, 2.05) is 6.07 Å². The van der Waals surface area contributed by atoms with Crippen LogP contribution in [-0.2, 0) is 0 Å². The molecule has 0 aliphatic carbocycles. The van der Waals surface area contributed by atoms with Gasteiger partial charge in [0.2, 0.25) is 3.79 Å². The van der Waals surface area contributed by atoms with Gasteiger partial charge in [0.1, 0.15) is 6.17 Å². The number of amides is 1. The predicted molar refractivity (Wildman–Crippen MR) is 123 cm³/mol. The molecule has 0 aliphatic heterocycles. The van der Waals surface area contributed by atoms with Gasteiger partial charge in [-0.15, -0.1) is 0 Å². The van der Waals surface area contributed by atoms with Gasteiger partial charge >= 0.3 is 5.97 Å². The smallest absolute Gasteiger partial charge is 0.335 e. The van der Waals surface area contributed by atoms with Crippen molar-refractivity contribution < 1.29 is 14.7 Å². The lowest BCUT2D eigenvalue weighted by Crippen LogP contribution is -2.56. The number of carbonyl (C=O) groups is 2. The number of carbonyl (C=O) groups excluding carboxylic acids is 1. The molecule has 0 saturated heterocycles. The number of alkyl halides is 3. The summed E-state index contributed by atoms with van der Waals surface area (Å²) in [6.45, 7) is 0. The lowest BCUT2D eigenvalue weighted by atomic mass is 10.2. The van der Waals surface area contributed by atoms with E-state index in [2.05, 4.69) is 38.5 Å². The highest BCUT2D eigenvalue weighted by atomic mass is 127. The maximum Gasteiger partial charge on any atom is 0.335 e. The molecule has 2 aromatic rings. The highest BCUT2D eigenvalue weighted by molar-refractivity contribution is 14.1. The van der Waals surface area contributed by atoms with E-state index in [1.54, 1.807) is 30.3 Å². The van der Waals surface area contributed by atoms with Crippen LogP contribution >= 0.6 is 69.6 Å². The van der Waals surface area contributed by atoms with E-state index in [1.165, 1.54) is 12.1 Å². The number of aromatic carboxylic acids is 1. The molecule has 0 saturated carbocycles. The highest BCUT2D eigenvalue weighted by Gasteiger charge is 2.35. The van der Waals surface area contributed by atoms with Crippen molar-refractivity contribution in [2.75, 3.05) is 5.32 Å². The van der Waals surface area contributed by atoms with Gasteiger partial charge < -0.3 is 21.1 Å². The van der Waals surface area contributed by atoms with Gasteiger partial charge in [0.25, 0.3) is 5.91 Å². The molecule has 0 spiro atoms. The van der Waals surface area contributed by atoms with Crippen molar-refractivity contribution in [1.82, 2.24) is 10.6 Å². The summed E-state index contributed by atoms with van der Waals surface area (Å²) in [6.07, 6.45) is -1.15. The Kier molecular flexibility index (Phi) is 8.14. The number of hydrogen-bond acceptors (Lipinski definition) is 3. The second-order valence-electron chi connectivity index (χ2n) is 5.44. The largest absolute Gasteiger partial charge is 0.478 e. The van der Waals surface area contributed by atoms with E-state index in [0.717, 1.165) is 3.57 Å². The van der Waals surface area contributed by atoms with Crippen molar-refractivity contribution in [3.63, 3.8) is 0 Å². The molecule has 2 aromatic carbocycles. The number of hydrogen-bond donors (Lipinski definition) is 4. The third kappa shape index (κ3) is 6.93. The molecule has 0 bridgehead atoms. The number of halogens is 4. The minimum atomic E-state index is -1.91. The summed E-state index contributed by atoms with van der Waals surface area (Å²) in [5.74, 6) is -1.54. The number of thiocarbonyl (C=S) groups is 1. The first-order chi connectivity index (χ1) is 13.1. The molecule has 0 heterocycles. The number of carboxylic acids is 1. The lowest BCUT2D eigenvalue weighted by Gasteiger charge is -2.27. The van der Waals surface area contributed by atoms with Gasteiger partial charge in [-0.2, -0.15) is 0 Å². The molecule has 0 aromatic heterocycles. The molecular weight excluding hydrogens is 560 g/mol. The Morgan fingerprint density at radius 1 is 1.04 bits per heavy atom. The summed E-state index contributed by atoms with van der Waals surface area (Å²) in [6, 6.07) is 12.9. The fourth-order valence-corrected chi connectivity index (χ4v) is 3.18. The number of nitrogens with one attached hydrogen (secondary N) is 3. The van der Waals surface area contributed by atoms with Crippen LogP contribution in [0.3, 0.4) is 0 Å². The predicted octanol–water partition coefficient (Wildman–Crippen LogP) is 4.40. The lowest BCUT2D eigenvalue weighted by molar-refractivity contribution is 0.0696. The topological polar surface area (TPSA) is 90.5 Å². The van der Waals surface area contributed by atoms with Crippen LogP contribution in [0.5, 0.6) is 0 Å². The first kappa shape index (κ1) is 23.0. The van der Waals surface area contributed by atoms with E-state index >= 15 is 0 Å². The molecule has 11 heteroatoms. The Bertz CT molecular complexity index is 908. The second kappa shape index (κ2) is 9.93. The van der Waals surface area contributed by atoms with E-state index in [-0.39, 0.29) is 10.7 Å². The van der Waals surface area contributed by atoms with Crippen molar-refractivity contribution in [1.29, 1.82) is 0 Å². The van der Waals surface area contributed by atoms with Gasteiger partial charge in [0, 0.05) is 14.8 Å². The molecule has 4 N–H and O–H groups in total. The zero-order valence-electron chi connectivity index (χ0n) is 13.9. The van der Waals surface area contributed by atoms with Crippen molar-refractivity contribution in [3.8, 4) is 0 Å². The molecule has 148 valence electrons. The Morgan fingerprint density at radius 3 is 2.29 bits per heavy atom. The quantitative estimate of drug-likeness (QED) is 0.184. The van der Waals surface area contributed by atoms with Crippen molar-refractivity contribution in [3.05, 3.63) is 63.2 Å². The van der Waals surface area contributed by atoms with Crippen molar-refractivity contribution in [2.45, 2.75) is 9.96 Å². The zero-order valence-corrected chi connectivity index (χ0v) is 19.1. The fraction of sp³-hybridized carbons (Fsp3) is 0.118. The van der Waals surface area contributed by atoms with Crippen LogP contribution in [0.2, 0.25) is 0 Å². The van der Waals surface area contributed by atoms with Gasteiger partial charge in [0.15, 0.2) is 5.11 Å². The van der Waals surface area contributed by atoms with Crippen LogP contribution in [-0.4, -0.2) is 32.1 Å². The Hall–Kier alpha value is -1.33. The number of benzene rings is 2. The molecule has 2 rings (SSSR count). The Morgan fingerprint density at radius 2 is 1.68 bits per heavy atom. The highest BCUT2D eigenvalue weighted by Crippen LogP contribution is 2.29. The van der Waals surface area contributed by atoms with Gasteiger partial charge in [-0.05, 0) is 71.2 Å². The third-order valence-electron chi connectivity index (χ3n) is 3.33. The number of rotatable bonds is 5. The van der Waals surface area contributed by atoms with E-state index in [4.69, 9.17) is 52.1 Å². The zero-order chi connectivity index (χ0) is 20.9. The third-order valence-corrected chi connectivity index (χ3v) is 4.88. The van der Waals surface area contributed by atoms with Gasteiger partial charge in [-0.1, -0.05) is 46.9 Å². The Balaban J connectivity index is 2.09. The summed E-state index contributed by atoms with van der Waals surface area (Å²) in [4.78, 5) is 23.5. The molecule has 1 amide bonds. The average Bonchev–Trinajstić information content (AvgIpc) is 2.60. The summed E-state index contributed by atoms with van der Waals surface area (Å²) in [7, 11) is 0. The summed E-state index contributed by atoms with van der Waals surface area (Å²) in [5.41, 5.74) is 0.892. The van der Waals surface area contributed by atoms with E-state index in [9.17, 15) is 9.59 Å². The first-order valence-corrected chi connectivity index (χ1v) is 10.2. The van der Waals surface area contributed by atoms with Gasteiger partial charge in [-0.25, -0.2) is 4.79 Å². The monoisotopic (exact) mass is 571 g/mol. The molecule has 0 fully saturated rings. The van der Waals surface area contributed by atoms with Crippen LogP contribution in [0.4, 0.5) is 5.69 Å². The first-order valence-electron chi connectivity index (χ1n) is 7.60. The molecule has 1 atom stereocenters.